The molecule has 0 fully saturated rings. The van der Waals surface area contributed by atoms with E-state index in [-0.39, 0.29) is 5.75 Å². The Kier molecular flexibility index (Phi) is 3.82. The second-order valence-electron chi connectivity index (χ2n) is 2.56. The molecule has 0 aliphatic heterocycles. The van der Waals surface area contributed by atoms with Crippen LogP contribution >= 0.6 is 11.8 Å². The third kappa shape index (κ3) is 3.50. The molecule has 1 N–H and O–H groups in total. The molecule has 0 aliphatic carbocycles. The van der Waals surface area contributed by atoms with Crippen LogP contribution in [0.15, 0.2) is 15.6 Å². The fraction of sp³-hybridized carbons (Fsp3) is 0.500. The molecule has 4 nitrogen and oxygen atoms in total. The predicted octanol–water partition coefficient (Wildman–Crippen LogP) is 1.80. The number of aliphatic carboxylic acids is 1. The first-order chi connectivity index (χ1) is 6.22. The summed E-state index contributed by atoms with van der Waals surface area (Å²) in [6, 6.07) is 1.79. The van der Waals surface area contributed by atoms with Crippen LogP contribution in [0.1, 0.15) is 19.1 Å². The van der Waals surface area contributed by atoms with Crippen LogP contribution in [0.3, 0.4) is 0 Å². The average molecular weight is 201 g/mol. The Balaban J connectivity index is 2.44. The van der Waals surface area contributed by atoms with Crippen molar-refractivity contribution in [3.63, 3.8) is 0 Å². The minimum atomic E-state index is -0.843. The van der Waals surface area contributed by atoms with Crippen molar-refractivity contribution >= 4 is 17.7 Å². The molecule has 0 atom stereocenters. The Hall–Kier alpha value is -0.970. The van der Waals surface area contributed by atoms with Crippen LogP contribution < -0.4 is 0 Å². The number of hydrogen-bond acceptors (Lipinski definition) is 4. The summed E-state index contributed by atoms with van der Waals surface area (Å²) in [4.78, 5) is 10.2. The molecule has 0 bridgehead atoms. The summed E-state index contributed by atoms with van der Waals surface area (Å²) in [5.74, 6) is -0.00149. The van der Waals surface area contributed by atoms with Gasteiger partial charge in [0.05, 0.1) is 5.75 Å². The lowest BCUT2D eigenvalue weighted by Crippen LogP contribution is -1.97. The number of carboxylic acids is 1. The Bertz CT molecular complexity index is 285. The van der Waals surface area contributed by atoms with Gasteiger partial charge in [-0.3, -0.25) is 4.79 Å². The number of aromatic nitrogens is 1. The minimum Gasteiger partial charge on any atom is -0.481 e. The lowest BCUT2D eigenvalue weighted by Gasteiger charge is -1.87. The largest absolute Gasteiger partial charge is 0.481 e. The Morgan fingerprint density at radius 1 is 1.77 bits per heavy atom. The van der Waals surface area contributed by atoms with Gasteiger partial charge in [-0.2, -0.15) is 0 Å². The summed E-state index contributed by atoms with van der Waals surface area (Å²) in [5, 5.41) is 12.8. The minimum absolute atomic E-state index is 0.0259. The fourth-order valence-electron chi connectivity index (χ4n) is 0.862. The van der Waals surface area contributed by atoms with Gasteiger partial charge in [0, 0.05) is 12.5 Å². The van der Waals surface area contributed by atoms with Gasteiger partial charge in [0.1, 0.15) is 10.8 Å². The van der Waals surface area contributed by atoms with Gasteiger partial charge in [0.2, 0.25) is 0 Å². The molecular formula is C8H11NO3S. The van der Waals surface area contributed by atoms with Gasteiger partial charge in [-0.25, -0.2) is 0 Å². The molecule has 5 heteroatoms. The lowest BCUT2D eigenvalue weighted by molar-refractivity contribution is -0.133. The van der Waals surface area contributed by atoms with Crippen LogP contribution in [0.4, 0.5) is 0 Å². The van der Waals surface area contributed by atoms with E-state index in [9.17, 15) is 4.79 Å². The van der Waals surface area contributed by atoms with E-state index < -0.39 is 5.97 Å². The molecule has 0 aliphatic rings. The fourth-order valence-corrected chi connectivity index (χ4v) is 1.44. The SMILES string of the molecule is CCCc1cc(SCC(=O)O)no1. The predicted molar refractivity (Wildman–Crippen MR) is 48.9 cm³/mol. The second kappa shape index (κ2) is 4.91. The van der Waals surface area contributed by atoms with Crippen LogP contribution in [0.2, 0.25) is 0 Å². The number of hydrogen-bond donors (Lipinski definition) is 1. The Morgan fingerprint density at radius 3 is 3.15 bits per heavy atom. The van der Waals surface area contributed by atoms with Crippen LogP contribution in [-0.2, 0) is 11.2 Å². The molecule has 0 unspecified atom stereocenters. The number of aryl methyl sites for hydroxylation is 1. The molecule has 0 saturated heterocycles. The maximum absolute atomic E-state index is 10.2. The van der Waals surface area contributed by atoms with E-state index in [1.54, 1.807) is 6.07 Å². The van der Waals surface area contributed by atoms with Crippen molar-refractivity contribution in [2.75, 3.05) is 5.75 Å². The van der Waals surface area contributed by atoms with E-state index in [4.69, 9.17) is 9.63 Å². The van der Waals surface area contributed by atoms with Crippen LogP contribution in [0.25, 0.3) is 0 Å². The number of carboxylic acid groups (broad SMARTS) is 1. The highest BCUT2D eigenvalue weighted by Gasteiger charge is 2.05. The van der Waals surface area contributed by atoms with Crippen molar-refractivity contribution in [2.24, 2.45) is 0 Å². The van der Waals surface area contributed by atoms with E-state index in [0.29, 0.717) is 5.03 Å². The van der Waals surface area contributed by atoms with Gasteiger partial charge in [0.15, 0.2) is 0 Å². The third-order valence-corrected chi connectivity index (χ3v) is 2.26. The van der Waals surface area contributed by atoms with Gasteiger partial charge >= 0.3 is 5.97 Å². The maximum Gasteiger partial charge on any atom is 0.313 e. The monoisotopic (exact) mass is 201 g/mol. The summed E-state index contributed by atoms with van der Waals surface area (Å²) in [5.41, 5.74) is 0. The first-order valence-corrected chi connectivity index (χ1v) is 5.01. The molecule has 72 valence electrons. The van der Waals surface area contributed by atoms with Gasteiger partial charge in [0.25, 0.3) is 0 Å². The quantitative estimate of drug-likeness (QED) is 0.736. The highest BCUT2D eigenvalue weighted by Crippen LogP contribution is 2.17. The van der Waals surface area contributed by atoms with E-state index >= 15 is 0 Å². The molecule has 0 amide bonds. The molecule has 1 heterocycles. The van der Waals surface area contributed by atoms with Crippen molar-refractivity contribution in [1.29, 1.82) is 0 Å². The number of nitrogens with zero attached hydrogens (tertiary/aromatic N) is 1. The number of carbonyl (C=O) groups is 1. The summed E-state index contributed by atoms with van der Waals surface area (Å²) in [6.07, 6.45) is 1.85. The third-order valence-electron chi connectivity index (χ3n) is 1.38. The molecule has 0 aromatic carbocycles. The van der Waals surface area contributed by atoms with Gasteiger partial charge in [-0.15, -0.1) is 0 Å². The molecule has 0 radical (unpaired) electrons. The topological polar surface area (TPSA) is 63.3 Å². The van der Waals surface area contributed by atoms with E-state index in [2.05, 4.69) is 5.16 Å². The standard InChI is InChI=1S/C8H11NO3S/c1-2-3-6-4-7(9-12-6)13-5-8(10)11/h4H,2-3,5H2,1H3,(H,10,11). The number of rotatable bonds is 5. The Labute approximate surface area is 80.3 Å². The smallest absolute Gasteiger partial charge is 0.313 e. The first kappa shape index (κ1) is 10.1. The first-order valence-electron chi connectivity index (χ1n) is 4.02. The Morgan fingerprint density at radius 2 is 2.54 bits per heavy atom. The van der Waals surface area contributed by atoms with Gasteiger partial charge in [-0.05, 0) is 6.42 Å². The zero-order chi connectivity index (χ0) is 9.68. The van der Waals surface area contributed by atoms with Crippen molar-refractivity contribution in [3.05, 3.63) is 11.8 Å². The number of thioether (sulfide) groups is 1. The maximum atomic E-state index is 10.2. The van der Waals surface area contributed by atoms with E-state index in [1.807, 2.05) is 6.92 Å². The summed E-state index contributed by atoms with van der Waals surface area (Å²) >= 11 is 1.17. The van der Waals surface area contributed by atoms with E-state index in [0.717, 1.165) is 18.6 Å². The molecule has 0 saturated carbocycles. The van der Waals surface area contributed by atoms with Crippen molar-refractivity contribution in [3.8, 4) is 0 Å². The zero-order valence-electron chi connectivity index (χ0n) is 7.32. The van der Waals surface area contributed by atoms with E-state index in [1.165, 1.54) is 11.8 Å². The summed E-state index contributed by atoms with van der Waals surface area (Å²) in [7, 11) is 0. The van der Waals surface area contributed by atoms with Gasteiger partial charge in [-0.1, -0.05) is 23.8 Å². The highest BCUT2D eigenvalue weighted by atomic mass is 32.2. The molecule has 0 spiro atoms. The normalized spacial score (nSPS) is 10.2. The highest BCUT2D eigenvalue weighted by molar-refractivity contribution is 7.99. The van der Waals surface area contributed by atoms with Crippen molar-refractivity contribution in [2.45, 2.75) is 24.8 Å². The summed E-state index contributed by atoms with van der Waals surface area (Å²) < 4.78 is 4.97. The second-order valence-corrected chi connectivity index (χ2v) is 3.56. The molecule has 1 rings (SSSR count). The van der Waals surface area contributed by atoms with Crippen molar-refractivity contribution in [1.82, 2.24) is 5.16 Å². The molecule has 1 aromatic rings. The molecule has 1 aromatic heterocycles. The molecule has 13 heavy (non-hydrogen) atoms. The average Bonchev–Trinajstić information content (AvgIpc) is 2.50. The van der Waals surface area contributed by atoms with Crippen molar-refractivity contribution < 1.29 is 14.4 Å². The van der Waals surface area contributed by atoms with Crippen LogP contribution in [0, 0.1) is 0 Å². The summed E-state index contributed by atoms with van der Waals surface area (Å²) in [6.45, 7) is 2.05. The van der Waals surface area contributed by atoms with Crippen LogP contribution in [0.5, 0.6) is 0 Å². The van der Waals surface area contributed by atoms with Gasteiger partial charge < -0.3 is 9.63 Å². The van der Waals surface area contributed by atoms with Crippen LogP contribution in [-0.4, -0.2) is 22.0 Å². The molecular weight excluding hydrogens is 190 g/mol. The zero-order valence-corrected chi connectivity index (χ0v) is 8.13. The lowest BCUT2D eigenvalue weighted by atomic mass is 10.3.